The van der Waals surface area contributed by atoms with Crippen molar-refractivity contribution in [2.45, 2.75) is 136 Å². The van der Waals surface area contributed by atoms with E-state index < -0.39 is 65.9 Å². The Balaban J connectivity index is 2.96. The Morgan fingerprint density at radius 1 is 0.745 bits per heavy atom. The Labute approximate surface area is 302 Å². The van der Waals surface area contributed by atoms with Crippen molar-refractivity contribution in [2.24, 2.45) is 23.5 Å². The normalized spacial score (nSPS) is 14.9. The van der Waals surface area contributed by atoms with Gasteiger partial charge < -0.3 is 42.5 Å². The first-order valence-electron chi connectivity index (χ1n) is 18.1. The van der Waals surface area contributed by atoms with Crippen molar-refractivity contribution in [3.8, 4) is 0 Å². The number of hydrogen-bond acceptors (Lipinski definition) is 8. The molecule has 288 valence electrons. The molecule has 0 unspecified atom stereocenters. The number of nitrogens with one attached hydrogen (secondary N) is 5. The minimum atomic E-state index is -1.29. The third kappa shape index (κ3) is 18.1. The van der Waals surface area contributed by atoms with Gasteiger partial charge in [0.2, 0.25) is 29.5 Å². The van der Waals surface area contributed by atoms with Crippen LogP contribution in [-0.2, 0) is 35.2 Å². The quantitative estimate of drug-likeness (QED) is 0.0778. The van der Waals surface area contributed by atoms with Crippen LogP contribution in [0.4, 0.5) is 0 Å². The number of carboxylic acid groups (broad SMARTS) is 1. The zero-order valence-corrected chi connectivity index (χ0v) is 31.4. The average molecular weight is 719 g/mol. The maximum absolute atomic E-state index is 13.6. The van der Waals surface area contributed by atoms with Crippen LogP contribution >= 0.6 is 0 Å². The summed E-state index contributed by atoms with van der Waals surface area (Å²) in [6.07, 6.45) is -0.0521. The predicted molar refractivity (Wildman–Crippen MR) is 195 cm³/mol. The summed E-state index contributed by atoms with van der Waals surface area (Å²) >= 11 is 0. The average Bonchev–Trinajstić information content (AvgIpc) is 3.04. The summed E-state index contributed by atoms with van der Waals surface area (Å²) in [7, 11) is 0. The Morgan fingerprint density at radius 3 is 1.88 bits per heavy atom. The highest BCUT2D eigenvalue weighted by Gasteiger charge is 2.32. The first kappa shape index (κ1) is 45.0. The monoisotopic (exact) mass is 718 g/mol. The van der Waals surface area contributed by atoms with E-state index in [0.29, 0.717) is 25.8 Å². The van der Waals surface area contributed by atoms with Gasteiger partial charge in [-0.05, 0) is 55.4 Å². The van der Waals surface area contributed by atoms with Crippen LogP contribution in [-0.4, -0.2) is 88.6 Å². The van der Waals surface area contributed by atoms with Gasteiger partial charge in [0.15, 0.2) is 0 Å². The summed E-state index contributed by atoms with van der Waals surface area (Å²) in [5.74, 6) is -4.00. The van der Waals surface area contributed by atoms with Crippen LogP contribution in [0, 0.1) is 17.8 Å². The fourth-order valence-electron chi connectivity index (χ4n) is 5.51. The van der Waals surface area contributed by atoms with Gasteiger partial charge in [0.1, 0.15) is 18.1 Å². The molecule has 0 aliphatic heterocycles. The van der Waals surface area contributed by atoms with Crippen LogP contribution in [0.5, 0.6) is 0 Å². The third-order valence-corrected chi connectivity index (χ3v) is 8.29. The molecule has 14 nitrogen and oxygen atoms in total. The van der Waals surface area contributed by atoms with Gasteiger partial charge in [0.05, 0.1) is 24.6 Å². The molecule has 0 heterocycles. The fourth-order valence-corrected chi connectivity index (χ4v) is 5.51. The second-order valence-corrected chi connectivity index (χ2v) is 14.4. The number of aliphatic hydroxyl groups is 1. The highest BCUT2D eigenvalue weighted by Crippen LogP contribution is 2.14. The molecular formula is C37H62N6O8. The summed E-state index contributed by atoms with van der Waals surface area (Å²) < 4.78 is 0. The second kappa shape index (κ2) is 23.4. The van der Waals surface area contributed by atoms with Gasteiger partial charge in [0.25, 0.3) is 0 Å². The van der Waals surface area contributed by atoms with E-state index in [1.165, 1.54) is 0 Å². The molecule has 1 aromatic rings. The van der Waals surface area contributed by atoms with E-state index in [2.05, 4.69) is 26.6 Å². The predicted octanol–water partition coefficient (Wildman–Crippen LogP) is 1.78. The van der Waals surface area contributed by atoms with Crippen LogP contribution < -0.4 is 32.3 Å². The van der Waals surface area contributed by atoms with Gasteiger partial charge in [0, 0.05) is 13.0 Å². The number of amides is 5. The molecule has 51 heavy (non-hydrogen) atoms. The molecule has 1 aromatic carbocycles. The van der Waals surface area contributed by atoms with E-state index in [1.807, 2.05) is 78.8 Å². The molecule has 1 rings (SSSR count). The number of carbonyl (C=O) groups excluding carboxylic acids is 5. The van der Waals surface area contributed by atoms with Crippen molar-refractivity contribution >= 4 is 35.5 Å². The zero-order valence-electron chi connectivity index (χ0n) is 31.4. The lowest BCUT2D eigenvalue weighted by Gasteiger charge is -2.29. The van der Waals surface area contributed by atoms with E-state index in [9.17, 15) is 33.9 Å². The number of carbonyl (C=O) groups is 6. The second-order valence-electron chi connectivity index (χ2n) is 14.4. The molecule has 0 fully saturated rings. The Bertz CT molecular complexity index is 1260. The lowest BCUT2D eigenvalue weighted by atomic mass is 9.95. The molecule has 0 aliphatic carbocycles. The Hall–Kier alpha value is -4.04. The van der Waals surface area contributed by atoms with Crippen LogP contribution in [0.15, 0.2) is 30.3 Å². The van der Waals surface area contributed by atoms with Crippen molar-refractivity contribution in [3.63, 3.8) is 0 Å². The van der Waals surface area contributed by atoms with Crippen molar-refractivity contribution in [2.75, 3.05) is 6.54 Å². The molecule has 0 aromatic heterocycles. The van der Waals surface area contributed by atoms with Gasteiger partial charge in [-0.2, -0.15) is 0 Å². The van der Waals surface area contributed by atoms with E-state index >= 15 is 0 Å². The number of nitrogens with two attached hydrogens (primary N) is 1. The number of aliphatic carboxylic acids is 1. The van der Waals surface area contributed by atoms with Crippen molar-refractivity contribution in [3.05, 3.63) is 35.9 Å². The standard InChI is InChI=1S/C37H62N6O8/c1-8-12-27(40-36(50)29(20-23(4)5)42-34(48)26(38)15-16-32(46)47)35(49)41-28(19-22(2)3)30(44)21-31(45)43-33(24(6)7)37(51)39-18-17-25-13-10-9-11-14-25/h9-11,13-14,22-24,26-30,33,44H,8,12,15-21,38H2,1-7H3,(H,39,51)(H,40,50)(H,41,49)(H,42,48)(H,43,45)(H,46,47)/t26-,27-,28-,29-,30-,33-/m0/s1. The summed E-state index contributed by atoms with van der Waals surface area (Å²) in [5.41, 5.74) is 6.92. The first-order chi connectivity index (χ1) is 23.9. The highest BCUT2D eigenvalue weighted by molar-refractivity contribution is 5.93. The van der Waals surface area contributed by atoms with Crippen LogP contribution in [0.2, 0.25) is 0 Å². The Morgan fingerprint density at radius 2 is 1.33 bits per heavy atom. The topological polar surface area (TPSA) is 229 Å². The van der Waals surface area contributed by atoms with Gasteiger partial charge in [-0.1, -0.05) is 85.2 Å². The van der Waals surface area contributed by atoms with E-state index in [4.69, 9.17) is 10.8 Å². The molecule has 6 atom stereocenters. The molecular weight excluding hydrogens is 656 g/mol. The minimum absolute atomic E-state index is 0.0119. The van der Waals surface area contributed by atoms with E-state index in [-0.39, 0.29) is 55.8 Å². The molecule has 0 aliphatic rings. The van der Waals surface area contributed by atoms with Crippen LogP contribution in [0.3, 0.4) is 0 Å². The van der Waals surface area contributed by atoms with Crippen LogP contribution in [0.25, 0.3) is 0 Å². The van der Waals surface area contributed by atoms with Gasteiger partial charge in [-0.25, -0.2) is 0 Å². The maximum Gasteiger partial charge on any atom is 0.303 e. The molecule has 0 saturated carbocycles. The lowest BCUT2D eigenvalue weighted by molar-refractivity contribution is -0.137. The molecule has 5 amide bonds. The smallest absolute Gasteiger partial charge is 0.303 e. The summed E-state index contributed by atoms with van der Waals surface area (Å²) in [6.45, 7) is 13.4. The third-order valence-electron chi connectivity index (χ3n) is 8.29. The van der Waals surface area contributed by atoms with Crippen molar-refractivity contribution < 1.29 is 39.0 Å². The number of aliphatic hydroxyl groups excluding tert-OH is 1. The summed E-state index contributed by atoms with van der Waals surface area (Å²) in [6, 6.07) is 4.88. The lowest BCUT2D eigenvalue weighted by Crippen LogP contribution is -2.58. The van der Waals surface area contributed by atoms with Gasteiger partial charge >= 0.3 is 5.97 Å². The van der Waals surface area contributed by atoms with E-state index in [0.717, 1.165) is 5.56 Å². The number of carboxylic acids is 1. The van der Waals surface area contributed by atoms with Crippen LogP contribution in [0.1, 0.15) is 99.0 Å². The zero-order chi connectivity index (χ0) is 38.7. The SMILES string of the molecule is CCC[C@H](NC(=O)[C@H](CC(C)C)NC(=O)[C@@H](N)CCC(=O)O)C(=O)N[C@@H](CC(C)C)[C@@H](O)CC(=O)N[C@H](C(=O)NCCc1ccccc1)C(C)C. The maximum atomic E-state index is 13.6. The number of rotatable bonds is 24. The van der Waals surface area contributed by atoms with Crippen molar-refractivity contribution in [1.29, 1.82) is 0 Å². The van der Waals surface area contributed by atoms with Crippen molar-refractivity contribution in [1.82, 2.24) is 26.6 Å². The first-order valence-corrected chi connectivity index (χ1v) is 18.1. The van der Waals surface area contributed by atoms with Gasteiger partial charge in [-0.3, -0.25) is 28.8 Å². The number of hydrogen-bond donors (Lipinski definition) is 8. The minimum Gasteiger partial charge on any atom is -0.481 e. The molecule has 0 spiro atoms. The molecule has 14 heteroatoms. The summed E-state index contributed by atoms with van der Waals surface area (Å²) in [5, 5.41) is 33.9. The largest absolute Gasteiger partial charge is 0.481 e. The Kier molecular flexibility index (Phi) is 20.7. The van der Waals surface area contributed by atoms with Gasteiger partial charge in [-0.15, -0.1) is 0 Å². The number of benzene rings is 1. The molecule has 0 bridgehead atoms. The molecule has 9 N–H and O–H groups in total. The summed E-state index contributed by atoms with van der Waals surface area (Å²) in [4.78, 5) is 76.6. The highest BCUT2D eigenvalue weighted by atomic mass is 16.4. The van der Waals surface area contributed by atoms with E-state index in [1.54, 1.807) is 0 Å². The fraction of sp³-hybridized carbons (Fsp3) is 0.676. The molecule has 0 radical (unpaired) electrons. The molecule has 0 saturated heterocycles.